The molecule has 2 aromatic carbocycles. The summed E-state index contributed by atoms with van der Waals surface area (Å²) in [6.45, 7) is 0.823. The van der Waals surface area contributed by atoms with E-state index in [4.69, 9.17) is 10.5 Å². The topological polar surface area (TPSA) is 73.3 Å². The Hall–Kier alpha value is -2.47. The van der Waals surface area contributed by atoms with Gasteiger partial charge in [0.05, 0.1) is 6.61 Å². The number of hydrogen-bond donors (Lipinski definition) is 2. The molecule has 1 aromatic heterocycles. The Morgan fingerprint density at radius 2 is 1.64 bits per heavy atom. The van der Waals surface area contributed by atoms with E-state index < -0.39 is 12.1 Å². The Balaban J connectivity index is 1.58. The molecule has 0 saturated carbocycles. The average Bonchev–Trinajstić information content (AvgIpc) is 3.11. The summed E-state index contributed by atoms with van der Waals surface area (Å²) in [6, 6.07) is 19.4. The van der Waals surface area contributed by atoms with E-state index in [2.05, 4.69) is 4.98 Å². The lowest BCUT2D eigenvalue weighted by atomic mass is 10.0. The van der Waals surface area contributed by atoms with Gasteiger partial charge >= 0.3 is 0 Å². The third kappa shape index (κ3) is 4.76. The Kier molecular flexibility index (Phi) is 5.95. The fraction of sp³-hybridized carbons (Fsp3) is 0.250. The van der Waals surface area contributed by atoms with Gasteiger partial charge in [0, 0.05) is 18.4 Å². The molecule has 5 heteroatoms. The number of ether oxygens (including phenoxy) is 1. The van der Waals surface area contributed by atoms with Crippen LogP contribution in [0.3, 0.4) is 0 Å². The van der Waals surface area contributed by atoms with Crippen LogP contribution in [0.15, 0.2) is 73.1 Å². The normalized spacial score (nSPS) is 13.5. The quantitative estimate of drug-likeness (QED) is 0.663. The van der Waals surface area contributed by atoms with Crippen molar-refractivity contribution in [2.24, 2.45) is 5.73 Å². The fourth-order valence-electron chi connectivity index (χ4n) is 2.72. The van der Waals surface area contributed by atoms with Crippen LogP contribution in [-0.2, 0) is 24.5 Å². The Morgan fingerprint density at radius 1 is 1.00 bits per heavy atom. The molecule has 130 valence electrons. The number of nitrogens with two attached hydrogens (primary N) is 1. The second kappa shape index (κ2) is 8.58. The van der Waals surface area contributed by atoms with Crippen molar-refractivity contribution in [2.45, 2.75) is 31.9 Å². The van der Waals surface area contributed by atoms with Gasteiger partial charge in [-0.2, -0.15) is 0 Å². The summed E-state index contributed by atoms with van der Waals surface area (Å²) in [5.41, 5.74) is 8.38. The molecule has 2 atom stereocenters. The van der Waals surface area contributed by atoms with Crippen molar-refractivity contribution < 1.29 is 9.84 Å². The van der Waals surface area contributed by atoms with Crippen LogP contribution in [0.5, 0.6) is 0 Å². The van der Waals surface area contributed by atoms with Crippen LogP contribution in [0.2, 0.25) is 0 Å². The predicted octanol–water partition coefficient (Wildman–Crippen LogP) is 2.66. The number of aliphatic hydroxyl groups excluding tert-OH is 1. The zero-order valence-electron chi connectivity index (χ0n) is 14.0. The molecule has 0 aliphatic rings. The van der Waals surface area contributed by atoms with E-state index >= 15 is 0 Å². The third-order valence-corrected chi connectivity index (χ3v) is 4.07. The van der Waals surface area contributed by atoms with Gasteiger partial charge in [-0.3, -0.25) is 0 Å². The lowest BCUT2D eigenvalue weighted by Gasteiger charge is -2.20. The summed E-state index contributed by atoms with van der Waals surface area (Å²) < 4.78 is 7.51. The Labute approximate surface area is 147 Å². The van der Waals surface area contributed by atoms with Crippen molar-refractivity contribution >= 4 is 0 Å². The van der Waals surface area contributed by atoms with Crippen LogP contribution in [0.1, 0.15) is 23.1 Å². The highest BCUT2D eigenvalue weighted by molar-refractivity contribution is 5.17. The first-order chi connectivity index (χ1) is 12.2. The molecular weight excluding hydrogens is 314 g/mol. The molecule has 3 N–H and O–H groups in total. The minimum Gasteiger partial charge on any atom is -0.384 e. The minimum atomic E-state index is -0.851. The van der Waals surface area contributed by atoms with Crippen LogP contribution in [0.25, 0.3) is 0 Å². The van der Waals surface area contributed by atoms with E-state index in [9.17, 15) is 5.11 Å². The second-order valence-electron chi connectivity index (χ2n) is 6.02. The molecule has 1 heterocycles. The molecule has 3 aromatic rings. The second-order valence-corrected chi connectivity index (χ2v) is 6.02. The van der Waals surface area contributed by atoms with Crippen molar-refractivity contribution in [1.82, 2.24) is 9.55 Å². The largest absolute Gasteiger partial charge is 0.384 e. The zero-order chi connectivity index (χ0) is 17.5. The first kappa shape index (κ1) is 17.4. The zero-order valence-corrected chi connectivity index (χ0v) is 14.0. The van der Waals surface area contributed by atoms with E-state index in [0.29, 0.717) is 25.6 Å². The van der Waals surface area contributed by atoms with Gasteiger partial charge in [0.1, 0.15) is 18.7 Å². The number of aromatic nitrogens is 2. The maximum Gasteiger partial charge on any atom is 0.141 e. The lowest BCUT2D eigenvalue weighted by Crippen LogP contribution is -2.32. The third-order valence-electron chi connectivity index (χ3n) is 4.07. The lowest BCUT2D eigenvalue weighted by molar-refractivity contribution is 0.0518. The average molecular weight is 337 g/mol. The summed E-state index contributed by atoms with van der Waals surface area (Å²) in [5, 5.41) is 10.6. The van der Waals surface area contributed by atoms with Gasteiger partial charge in [0.15, 0.2) is 0 Å². The maximum atomic E-state index is 10.6. The summed E-state index contributed by atoms with van der Waals surface area (Å²) in [6.07, 6.45) is 3.17. The molecule has 25 heavy (non-hydrogen) atoms. The molecule has 0 radical (unpaired) electrons. The molecule has 0 amide bonds. The van der Waals surface area contributed by atoms with Crippen LogP contribution < -0.4 is 5.73 Å². The van der Waals surface area contributed by atoms with Gasteiger partial charge in [-0.15, -0.1) is 0 Å². The summed E-state index contributed by atoms with van der Waals surface area (Å²) in [4.78, 5) is 4.26. The molecule has 5 nitrogen and oxygen atoms in total. The van der Waals surface area contributed by atoms with Crippen molar-refractivity contribution in [3.05, 3.63) is 90.0 Å². The van der Waals surface area contributed by atoms with Crippen LogP contribution in [-0.4, -0.2) is 20.7 Å². The monoisotopic (exact) mass is 337 g/mol. The van der Waals surface area contributed by atoms with E-state index in [1.807, 2.05) is 60.7 Å². The maximum absolute atomic E-state index is 10.6. The van der Waals surface area contributed by atoms with E-state index in [0.717, 1.165) is 11.1 Å². The van der Waals surface area contributed by atoms with Crippen LogP contribution >= 0.6 is 0 Å². The fourth-order valence-corrected chi connectivity index (χ4v) is 2.72. The molecule has 0 aliphatic carbocycles. The molecule has 3 rings (SSSR count). The molecule has 1 unspecified atom stereocenters. The van der Waals surface area contributed by atoms with Gasteiger partial charge in [0.25, 0.3) is 0 Å². The number of aliphatic hydroxyl groups is 1. The van der Waals surface area contributed by atoms with Crippen molar-refractivity contribution in [2.75, 3.05) is 0 Å². The number of benzene rings is 2. The molecule has 0 aliphatic heterocycles. The number of hydrogen-bond acceptors (Lipinski definition) is 4. The highest BCUT2D eigenvalue weighted by atomic mass is 16.5. The van der Waals surface area contributed by atoms with Gasteiger partial charge in [0.2, 0.25) is 0 Å². The Morgan fingerprint density at radius 3 is 2.32 bits per heavy atom. The summed E-state index contributed by atoms with van der Waals surface area (Å²) in [5.74, 6) is 0.525. The molecule has 0 saturated heterocycles. The predicted molar refractivity (Wildman–Crippen MR) is 96.5 cm³/mol. The summed E-state index contributed by atoms with van der Waals surface area (Å²) in [7, 11) is 0. The molecular formula is C20H23N3O2. The van der Waals surface area contributed by atoms with Gasteiger partial charge in [-0.05, 0) is 17.5 Å². The summed E-state index contributed by atoms with van der Waals surface area (Å²) >= 11 is 0. The smallest absolute Gasteiger partial charge is 0.141 e. The molecule has 0 fully saturated rings. The van der Waals surface area contributed by atoms with E-state index in [1.165, 1.54) is 0 Å². The van der Waals surface area contributed by atoms with E-state index in [1.54, 1.807) is 17.0 Å². The Bertz CT molecular complexity index is 759. The minimum absolute atomic E-state index is 0.319. The molecule has 0 spiro atoms. The molecule has 0 bridgehead atoms. The van der Waals surface area contributed by atoms with Crippen molar-refractivity contribution in [3.8, 4) is 0 Å². The first-order valence-corrected chi connectivity index (χ1v) is 8.34. The van der Waals surface area contributed by atoms with Crippen molar-refractivity contribution in [3.63, 3.8) is 0 Å². The van der Waals surface area contributed by atoms with E-state index in [-0.39, 0.29) is 0 Å². The highest BCUT2D eigenvalue weighted by Crippen LogP contribution is 2.17. The van der Waals surface area contributed by atoms with Gasteiger partial charge in [-0.25, -0.2) is 4.98 Å². The first-order valence-electron chi connectivity index (χ1n) is 8.34. The van der Waals surface area contributed by atoms with Gasteiger partial charge < -0.3 is 20.1 Å². The number of rotatable bonds is 8. The SMILES string of the molecule is N[C@@H](Cc1ccccc1)C(O)c1nccn1COCc1ccccc1. The van der Waals surface area contributed by atoms with Crippen LogP contribution in [0, 0.1) is 0 Å². The number of nitrogens with zero attached hydrogens (tertiary/aromatic N) is 2. The van der Waals surface area contributed by atoms with Gasteiger partial charge in [-0.1, -0.05) is 60.7 Å². The highest BCUT2D eigenvalue weighted by Gasteiger charge is 2.21. The standard InChI is InChI=1S/C20H23N3O2/c21-18(13-16-7-3-1-4-8-16)19(24)20-22-11-12-23(20)15-25-14-17-9-5-2-6-10-17/h1-12,18-19,24H,13-15,21H2/t18-,19?/m0/s1. The van der Waals surface area contributed by atoms with Crippen molar-refractivity contribution in [1.29, 1.82) is 0 Å². The number of imidazole rings is 1. The van der Waals surface area contributed by atoms with Crippen LogP contribution in [0.4, 0.5) is 0 Å².